The van der Waals surface area contributed by atoms with Crippen molar-refractivity contribution in [3.05, 3.63) is 24.5 Å². The summed E-state index contributed by atoms with van der Waals surface area (Å²) in [4.78, 5) is 72.7. The van der Waals surface area contributed by atoms with E-state index in [2.05, 4.69) is 43.5 Å². The number of nitrogens with one attached hydrogen (secondary N) is 5. The second kappa shape index (κ2) is 18.9. The number of nitrogens with two attached hydrogens (primary N) is 1. The van der Waals surface area contributed by atoms with Crippen molar-refractivity contribution in [1.82, 2.24) is 41.6 Å². The van der Waals surface area contributed by atoms with Gasteiger partial charge in [-0.3, -0.25) is 24.0 Å². The molecular formula is C27H45N9O6. The fraction of sp³-hybridized carbons (Fsp3) is 0.630. The van der Waals surface area contributed by atoms with Crippen molar-refractivity contribution in [3.8, 4) is 0 Å². The van der Waals surface area contributed by atoms with Crippen molar-refractivity contribution in [2.75, 3.05) is 13.1 Å². The van der Waals surface area contributed by atoms with E-state index in [0.717, 1.165) is 0 Å². The van der Waals surface area contributed by atoms with Crippen LogP contribution < -0.4 is 32.3 Å². The lowest BCUT2D eigenvalue weighted by Crippen LogP contribution is -2.56. The van der Waals surface area contributed by atoms with Gasteiger partial charge in [0, 0.05) is 44.6 Å². The molecule has 0 aliphatic heterocycles. The number of carbonyl (C=O) groups excluding carboxylic acids is 6. The third-order valence-electron chi connectivity index (χ3n) is 6.08. The summed E-state index contributed by atoms with van der Waals surface area (Å²) in [6, 6.07) is -2.74. The van der Waals surface area contributed by atoms with E-state index in [0.29, 0.717) is 25.0 Å². The van der Waals surface area contributed by atoms with Crippen LogP contribution in [0.5, 0.6) is 0 Å². The Balaban J connectivity index is 2.75. The van der Waals surface area contributed by atoms with E-state index in [4.69, 9.17) is 5.73 Å². The largest absolute Gasteiger partial charge is 0.356 e. The zero-order chi connectivity index (χ0) is 31.7. The maximum atomic E-state index is 13.2. The molecule has 42 heavy (non-hydrogen) atoms. The van der Waals surface area contributed by atoms with Gasteiger partial charge in [0.25, 0.3) is 0 Å². The molecule has 3 atom stereocenters. The normalized spacial score (nSPS) is 12.9. The maximum absolute atomic E-state index is 13.2. The van der Waals surface area contributed by atoms with Crippen LogP contribution in [0.1, 0.15) is 65.5 Å². The van der Waals surface area contributed by atoms with Crippen molar-refractivity contribution >= 4 is 35.4 Å². The van der Waals surface area contributed by atoms with E-state index < -0.39 is 35.8 Å². The summed E-state index contributed by atoms with van der Waals surface area (Å²) in [5.41, 5.74) is 5.60. The van der Waals surface area contributed by atoms with E-state index in [9.17, 15) is 28.8 Å². The number of urea groups is 1. The molecular weight excluding hydrogens is 546 g/mol. The number of amides is 6. The summed E-state index contributed by atoms with van der Waals surface area (Å²) in [6.07, 6.45) is 5.08. The number of ketones is 1. The first-order valence-corrected chi connectivity index (χ1v) is 14.0. The molecule has 0 saturated heterocycles. The first-order chi connectivity index (χ1) is 19.8. The van der Waals surface area contributed by atoms with Crippen LogP contribution in [-0.2, 0) is 36.9 Å². The second-order valence-corrected chi connectivity index (χ2v) is 10.4. The molecule has 0 spiro atoms. The quantitative estimate of drug-likeness (QED) is 0.0852. The van der Waals surface area contributed by atoms with E-state index >= 15 is 0 Å². The second-order valence-electron chi connectivity index (χ2n) is 10.4. The number of hydrogen-bond donors (Lipinski definition) is 6. The molecule has 1 heterocycles. The molecule has 15 heteroatoms. The molecule has 0 aliphatic carbocycles. The summed E-state index contributed by atoms with van der Waals surface area (Å²) >= 11 is 0. The van der Waals surface area contributed by atoms with Crippen molar-refractivity contribution in [1.29, 1.82) is 0 Å². The number of nitrogens with zero attached hydrogens (tertiary/aromatic N) is 3. The van der Waals surface area contributed by atoms with Gasteiger partial charge in [0.15, 0.2) is 0 Å². The highest BCUT2D eigenvalue weighted by Crippen LogP contribution is 2.06. The van der Waals surface area contributed by atoms with Crippen LogP contribution in [-0.4, -0.2) is 81.7 Å². The molecule has 15 nitrogen and oxygen atoms in total. The van der Waals surface area contributed by atoms with Gasteiger partial charge in [-0.25, -0.2) is 9.48 Å². The first kappa shape index (κ1) is 35.7. The third kappa shape index (κ3) is 14.9. The molecule has 0 aromatic carbocycles. The van der Waals surface area contributed by atoms with Gasteiger partial charge in [-0.2, -0.15) is 0 Å². The lowest BCUT2D eigenvalue weighted by atomic mass is 10.0. The molecule has 0 saturated carbocycles. The smallest absolute Gasteiger partial charge is 0.312 e. The molecule has 6 amide bonds. The van der Waals surface area contributed by atoms with E-state index in [1.807, 2.05) is 6.92 Å². The number of primary amides is 1. The number of carbonyl (C=O) groups is 6. The van der Waals surface area contributed by atoms with Crippen LogP contribution in [0.4, 0.5) is 4.79 Å². The van der Waals surface area contributed by atoms with E-state index in [-0.39, 0.29) is 62.5 Å². The van der Waals surface area contributed by atoms with Crippen LogP contribution >= 0.6 is 0 Å². The molecule has 1 aromatic rings. The molecule has 1 aromatic heterocycles. The maximum Gasteiger partial charge on any atom is 0.312 e. The molecule has 1 unspecified atom stereocenters. The Morgan fingerprint density at radius 3 is 2.31 bits per heavy atom. The molecule has 0 aliphatic rings. The van der Waals surface area contributed by atoms with Crippen LogP contribution in [0.15, 0.2) is 18.9 Å². The summed E-state index contributed by atoms with van der Waals surface area (Å²) in [6.45, 7) is 10.7. The van der Waals surface area contributed by atoms with Gasteiger partial charge >= 0.3 is 6.03 Å². The van der Waals surface area contributed by atoms with Crippen molar-refractivity contribution in [2.45, 2.75) is 90.9 Å². The van der Waals surface area contributed by atoms with Gasteiger partial charge < -0.3 is 32.3 Å². The van der Waals surface area contributed by atoms with Gasteiger partial charge in [-0.05, 0) is 39.0 Å². The predicted octanol–water partition coefficient (Wildman–Crippen LogP) is -0.539. The summed E-state index contributed by atoms with van der Waals surface area (Å²) in [5, 5.41) is 21.2. The molecule has 234 valence electrons. The molecule has 1 rings (SSSR count). The number of hydrogen-bond acceptors (Lipinski definition) is 8. The number of aromatic nitrogens is 3. The monoisotopic (exact) mass is 591 g/mol. The van der Waals surface area contributed by atoms with Crippen molar-refractivity contribution in [3.63, 3.8) is 0 Å². The van der Waals surface area contributed by atoms with E-state index in [1.165, 1.54) is 17.8 Å². The van der Waals surface area contributed by atoms with Crippen LogP contribution in [0.3, 0.4) is 0 Å². The zero-order valence-corrected chi connectivity index (χ0v) is 24.9. The standard InChI is InChI=1S/C27H45N9O6/c1-6-8-18(4)31-25(40)21(9-7-13-30-27(28)42)32-26(41)24(17(2)3)33-23(39)16-36-15-20(34-35-36)10-11-22(38)29-14-12-19(5)37/h6,15,17-18,21,24H,1,7-14,16H2,2-5H3,(H,29,38)(H,31,40)(H,32,41)(H,33,39)(H3,28,30,42)/t18?,21-,24-/m0/s1. The lowest BCUT2D eigenvalue weighted by Gasteiger charge is -2.26. The summed E-state index contributed by atoms with van der Waals surface area (Å²) in [7, 11) is 0. The molecule has 7 N–H and O–H groups in total. The Morgan fingerprint density at radius 2 is 1.69 bits per heavy atom. The minimum atomic E-state index is -0.941. The highest BCUT2D eigenvalue weighted by molar-refractivity contribution is 5.92. The molecule has 0 fully saturated rings. The van der Waals surface area contributed by atoms with Gasteiger partial charge in [0.05, 0.1) is 5.69 Å². The van der Waals surface area contributed by atoms with Crippen LogP contribution in [0.2, 0.25) is 0 Å². The van der Waals surface area contributed by atoms with Gasteiger partial charge in [-0.15, -0.1) is 11.7 Å². The number of rotatable bonds is 20. The number of Topliss-reactive ketones (excluding diaryl/α,β-unsaturated/α-hetero) is 1. The molecule has 0 bridgehead atoms. The van der Waals surface area contributed by atoms with Crippen LogP contribution in [0, 0.1) is 5.92 Å². The Morgan fingerprint density at radius 1 is 0.976 bits per heavy atom. The number of aryl methyl sites for hydroxylation is 1. The SMILES string of the molecule is C=CCC(C)NC(=O)[C@H](CCCNC(N)=O)NC(=O)[C@@H](NC(=O)Cn1cc(CCC(=O)NCCC(C)=O)nn1)C(C)C. The van der Waals surface area contributed by atoms with Gasteiger partial charge in [0.2, 0.25) is 23.6 Å². The summed E-state index contributed by atoms with van der Waals surface area (Å²) < 4.78 is 1.30. The topological polar surface area (TPSA) is 219 Å². The predicted molar refractivity (Wildman–Crippen MR) is 155 cm³/mol. The van der Waals surface area contributed by atoms with Gasteiger partial charge in [0.1, 0.15) is 24.4 Å². The van der Waals surface area contributed by atoms with Gasteiger partial charge in [-0.1, -0.05) is 25.1 Å². The minimum Gasteiger partial charge on any atom is -0.356 e. The highest BCUT2D eigenvalue weighted by atomic mass is 16.2. The zero-order valence-electron chi connectivity index (χ0n) is 24.9. The third-order valence-corrected chi connectivity index (χ3v) is 6.08. The van der Waals surface area contributed by atoms with Crippen molar-refractivity contribution < 1.29 is 28.8 Å². The lowest BCUT2D eigenvalue weighted by molar-refractivity contribution is -0.133. The Labute approximate surface area is 246 Å². The summed E-state index contributed by atoms with van der Waals surface area (Å²) in [5.74, 6) is -1.96. The average Bonchev–Trinajstić information content (AvgIpc) is 3.34. The Hall–Kier alpha value is -4.30. The van der Waals surface area contributed by atoms with Crippen LogP contribution in [0.25, 0.3) is 0 Å². The Bertz CT molecular complexity index is 1090. The average molecular weight is 592 g/mol. The first-order valence-electron chi connectivity index (χ1n) is 14.0. The Kier molecular flexibility index (Phi) is 16.1. The highest BCUT2D eigenvalue weighted by Gasteiger charge is 2.29. The van der Waals surface area contributed by atoms with E-state index in [1.54, 1.807) is 19.9 Å². The fourth-order valence-electron chi connectivity index (χ4n) is 3.84. The molecule has 0 radical (unpaired) electrons. The van der Waals surface area contributed by atoms with Crippen molar-refractivity contribution in [2.24, 2.45) is 11.7 Å². The fourth-order valence-corrected chi connectivity index (χ4v) is 3.84. The minimum absolute atomic E-state index is 0.0116.